The number of hydrogen-bond acceptors (Lipinski definition) is 5. The van der Waals surface area contributed by atoms with Crippen LogP contribution in [0.2, 0.25) is 0 Å². The van der Waals surface area contributed by atoms with Crippen molar-refractivity contribution in [2.45, 2.75) is 45.6 Å². The molecule has 0 aromatic heterocycles. The van der Waals surface area contributed by atoms with Crippen molar-refractivity contribution >= 4 is 5.91 Å². The number of piperidine rings is 1. The summed E-state index contributed by atoms with van der Waals surface area (Å²) in [4.78, 5) is 14.5. The molecule has 29 heavy (non-hydrogen) atoms. The molecule has 2 aliphatic rings. The van der Waals surface area contributed by atoms with Crippen molar-refractivity contribution < 1.29 is 9.53 Å². The Hall–Kier alpha value is -1.47. The van der Waals surface area contributed by atoms with E-state index in [0.717, 1.165) is 32.6 Å². The summed E-state index contributed by atoms with van der Waals surface area (Å²) in [6.07, 6.45) is 4.05. The van der Waals surface area contributed by atoms with Crippen LogP contribution < -0.4 is 16.2 Å². The third-order valence-corrected chi connectivity index (χ3v) is 6.47. The molecule has 1 amide bonds. The smallest absolute Gasteiger partial charge is 0.220 e. The van der Waals surface area contributed by atoms with E-state index in [1.807, 2.05) is 0 Å². The molecule has 6 nitrogen and oxygen atoms in total. The van der Waals surface area contributed by atoms with Crippen molar-refractivity contribution in [2.75, 3.05) is 46.4 Å². The van der Waals surface area contributed by atoms with Gasteiger partial charge < -0.3 is 15.0 Å². The van der Waals surface area contributed by atoms with E-state index in [2.05, 4.69) is 53.1 Å². The SMILES string of the molecule is COCCNC(=O)CCC1CCN(CC2CNNC2c2cc(C)ccc2C)CC1. The van der Waals surface area contributed by atoms with E-state index in [-0.39, 0.29) is 5.91 Å². The van der Waals surface area contributed by atoms with Gasteiger partial charge in [0.25, 0.3) is 0 Å². The van der Waals surface area contributed by atoms with Crippen LogP contribution in [0.5, 0.6) is 0 Å². The molecule has 0 bridgehead atoms. The fraction of sp³-hybridized carbons (Fsp3) is 0.696. The molecule has 2 unspecified atom stereocenters. The number of hydrazine groups is 1. The van der Waals surface area contributed by atoms with E-state index >= 15 is 0 Å². The molecule has 2 saturated heterocycles. The third-order valence-electron chi connectivity index (χ3n) is 6.47. The van der Waals surface area contributed by atoms with Gasteiger partial charge in [-0.15, -0.1) is 0 Å². The molecule has 2 atom stereocenters. The Morgan fingerprint density at radius 3 is 2.83 bits per heavy atom. The number of nitrogens with zero attached hydrogens (tertiary/aromatic N) is 1. The summed E-state index contributed by atoms with van der Waals surface area (Å²) < 4.78 is 4.97. The molecule has 3 N–H and O–H groups in total. The van der Waals surface area contributed by atoms with Gasteiger partial charge in [0.05, 0.1) is 12.6 Å². The van der Waals surface area contributed by atoms with Gasteiger partial charge in [0, 0.05) is 39.1 Å². The van der Waals surface area contributed by atoms with Crippen molar-refractivity contribution in [1.29, 1.82) is 0 Å². The zero-order valence-electron chi connectivity index (χ0n) is 18.3. The van der Waals surface area contributed by atoms with Gasteiger partial charge in [0.15, 0.2) is 0 Å². The summed E-state index contributed by atoms with van der Waals surface area (Å²) in [5.41, 5.74) is 11.0. The van der Waals surface area contributed by atoms with Gasteiger partial charge >= 0.3 is 0 Å². The molecule has 2 fully saturated rings. The summed E-state index contributed by atoms with van der Waals surface area (Å²) in [5.74, 6) is 1.41. The summed E-state index contributed by atoms with van der Waals surface area (Å²) in [7, 11) is 1.65. The number of benzene rings is 1. The Morgan fingerprint density at radius 1 is 1.28 bits per heavy atom. The van der Waals surface area contributed by atoms with Crippen LogP contribution in [-0.4, -0.2) is 57.2 Å². The fourth-order valence-electron chi connectivity index (χ4n) is 4.64. The fourth-order valence-corrected chi connectivity index (χ4v) is 4.64. The maximum Gasteiger partial charge on any atom is 0.220 e. The Balaban J connectivity index is 1.42. The van der Waals surface area contributed by atoms with Gasteiger partial charge in [0.2, 0.25) is 5.91 Å². The van der Waals surface area contributed by atoms with E-state index in [4.69, 9.17) is 4.74 Å². The quantitative estimate of drug-likeness (QED) is 0.553. The van der Waals surface area contributed by atoms with Crippen molar-refractivity contribution in [1.82, 2.24) is 21.1 Å². The monoisotopic (exact) mass is 402 g/mol. The van der Waals surface area contributed by atoms with Gasteiger partial charge in [-0.2, -0.15) is 0 Å². The highest BCUT2D eigenvalue weighted by Crippen LogP contribution is 2.30. The van der Waals surface area contributed by atoms with Gasteiger partial charge in [-0.25, -0.2) is 5.43 Å². The lowest BCUT2D eigenvalue weighted by molar-refractivity contribution is -0.121. The van der Waals surface area contributed by atoms with Gasteiger partial charge in [-0.05, 0) is 63.2 Å². The van der Waals surface area contributed by atoms with Gasteiger partial charge in [-0.3, -0.25) is 10.2 Å². The third kappa shape index (κ3) is 6.51. The Morgan fingerprint density at radius 2 is 2.07 bits per heavy atom. The average Bonchev–Trinajstić information content (AvgIpc) is 3.17. The number of carbonyl (C=O) groups is 1. The lowest BCUT2D eigenvalue weighted by Crippen LogP contribution is -2.39. The molecule has 1 aromatic carbocycles. The number of likely N-dealkylation sites (tertiary alicyclic amines) is 1. The predicted octanol–water partition coefficient (Wildman–Crippen LogP) is 2.32. The standard InChI is InChI=1S/C23H38N4O2/c1-17-4-5-18(2)21(14-17)23-20(15-25-26-23)16-27-11-8-19(9-12-27)6-7-22(28)24-10-13-29-3/h4-5,14,19-20,23,25-26H,6-13,15-16H2,1-3H3,(H,24,28). The minimum atomic E-state index is 0.156. The van der Waals surface area contributed by atoms with Crippen LogP contribution >= 0.6 is 0 Å². The minimum Gasteiger partial charge on any atom is -0.383 e. The second-order valence-corrected chi connectivity index (χ2v) is 8.75. The molecule has 1 aromatic rings. The van der Waals surface area contributed by atoms with E-state index in [9.17, 15) is 4.79 Å². The predicted molar refractivity (Wildman–Crippen MR) is 117 cm³/mol. The first kappa shape index (κ1) is 22.2. The lowest BCUT2D eigenvalue weighted by Gasteiger charge is -2.34. The van der Waals surface area contributed by atoms with Crippen LogP contribution in [0.4, 0.5) is 0 Å². The van der Waals surface area contributed by atoms with Gasteiger partial charge in [0.1, 0.15) is 0 Å². The molecular weight excluding hydrogens is 364 g/mol. The Labute approximate surface area is 175 Å². The molecule has 0 radical (unpaired) electrons. The summed E-state index contributed by atoms with van der Waals surface area (Å²) in [5, 5.41) is 2.92. The number of amides is 1. The maximum atomic E-state index is 11.9. The van der Waals surface area contributed by atoms with Crippen LogP contribution in [0, 0.1) is 25.7 Å². The summed E-state index contributed by atoms with van der Waals surface area (Å²) in [6, 6.07) is 7.14. The second kappa shape index (κ2) is 11.1. The molecule has 3 rings (SSSR count). The second-order valence-electron chi connectivity index (χ2n) is 8.75. The summed E-state index contributed by atoms with van der Waals surface area (Å²) in [6.45, 7) is 10.0. The number of aryl methyl sites for hydroxylation is 2. The first-order valence-corrected chi connectivity index (χ1v) is 11.1. The molecule has 0 aliphatic carbocycles. The van der Waals surface area contributed by atoms with Crippen LogP contribution in [0.25, 0.3) is 0 Å². The molecule has 0 saturated carbocycles. The number of methoxy groups -OCH3 is 1. The maximum absolute atomic E-state index is 11.9. The average molecular weight is 403 g/mol. The molecule has 2 aliphatic heterocycles. The number of rotatable bonds is 9. The normalized spacial score (nSPS) is 23.4. The molecule has 0 spiro atoms. The topological polar surface area (TPSA) is 65.6 Å². The number of carbonyl (C=O) groups excluding carboxylic acids is 1. The zero-order chi connectivity index (χ0) is 20.6. The van der Waals surface area contributed by atoms with Crippen LogP contribution in [-0.2, 0) is 9.53 Å². The van der Waals surface area contributed by atoms with Crippen molar-refractivity contribution in [2.24, 2.45) is 11.8 Å². The highest BCUT2D eigenvalue weighted by molar-refractivity contribution is 5.75. The number of ether oxygens (including phenoxy) is 1. The lowest BCUT2D eigenvalue weighted by atomic mass is 9.88. The summed E-state index contributed by atoms with van der Waals surface area (Å²) >= 11 is 0. The minimum absolute atomic E-state index is 0.156. The Bertz CT molecular complexity index is 658. The van der Waals surface area contributed by atoms with Crippen molar-refractivity contribution in [3.63, 3.8) is 0 Å². The Kier molecular flexibility index (Phi) is 8.48. The van der Waals surface area contributed by atoms with E-state index in [1.54, 1.807) is 7.11 Å². The van der Waals surface area contributed by atoms with Crippen molar-refractivity contribution in [3.05, 3.63) is 34.9 Å². The van der Waals surface area contributed by atoms with Gasteiger partial charge in [-0.1, -0.05) is 23.8 Å². The molecule has 6 heteroatoms. The van der Waals surface area contributed by atoms with Crippen LogP contribution in [0.3, 0.4) is 0 Å². The van der Waals surface area contributed by atoms with E-state index in [1.165, 1.54) is 29.5 Å². The van der Waals surface area contributed by atoms with Crippen LogP contribution in [0.15, 0.2) is 18.2 Å². The van der Waals surface area contributed by atoms with E-state index in [0.29, 0.717) is 37.5 Å². The van der Waals surface area contributed by atoms with Crippen LogP contribution in [0.1, 0.15) is 48.4 Å². The molecule has 162 valence electrons. The molecule has 2 heterocycles. The van der Waals surface area contributed by atoms with Crippen molar-refractivity contribution in [3.8, 4) is 0 Å². The van der Waals surface area contributed by atoms with E-state index < -0.39 is 0 Å². The number of nitrogens with one attached hydrogen (secondary N) is 3. The zero-order valence-corrected chi connectivity index (χ0v) is 18.3. The number of hydrogen-bond donors (Lipinski definition) is 3. The first-order chi connectivity index (χ1) is 14.1. The highest BCUT2D eigenvalue weighted by Gasteiger charge is 2.32. The highest BCUT2D eigenvalue weighted by atomic mass is 16.5. The first-order valence-electron chi connectivity index (χ1n) is 11.1. The molecular formula is C23H38N4O2. The largest absolute Gasteiger partial charge is 0.383 e.